The predicted molar refractivity (Wildman–Crippen MR) is 54.1 cm³/mol. The molecule has 72 valence electrons. The zero-order valence-electron chi connectivity index (χ0n) is 7.47. The van der Waals surface area contributed by atoms with Crippen LogP contribution in [-0.4, -0.2) is 22.3 Å². The number of hydrogen-bond donors (Lipinski definition) is 1. The molecule has 0 amide bonds. The molecule has 0 aliphatic heterocycles. The second-order valence-corrected chi connectivity index (χ2v) is 3.52. The third-order valence-electron chi connectivity index (χ3n) is 1.59. The number of aromatic nitrogens is 3. The number of nitrogen functional groups attached to an aromatic ring is 1. The summed E-state index contributed by atoms with van der Waals surface area (Å²) >= 11 is 1.30. The molecule has 5 nitrogen and oxygen atoms in total. The normalized spacial score (nSPS) is 10.1. The molecule has 0 saturated heterocycles. The fourth-order valence-electron chi connectivity index (χ4n) is 0.986. The average Bonchev–Trinajstić information content (AvgIpc) is 2.65. The van der Waals surface area contributed by atoms with Gasteiger partial charge in [0, 0.05) is 6.07 Å². The molecule has 2 rings (SSSR count). The smallest absolute Gasteiger partial charge is 0.213 e. The monoisotopic (exact) mass is 208 g/mol. The van der Waals surface area contributed by atoms with Gasteiger partial charge < -0.3 is 10.5 Å². The number of pyridine rings is 1. The van der Waals surface area contributed by atoms with Gasteiger partial charge in [-0.05, 0) is 6.07 Å². The number of hydrogen-bond acceptors (Lipinski definition) is 6. The Morgan fingerprint density at radius 3 is 2.86 bits per heavy atom. The second-order valence-electron chi connectivity index (χ2n) is 2.51. The molecule has 6 heteroatoms. The number of nitrogens with two attached hydrogens (primary N) is 1. The molecule has 0 aliphatic rings. The largest absolute Gasteiger partial charge is 0.481 e. The fourth-order valence-corrected chi connectivity index (χ4v) is 1.57. The van der Waals surface area contributed by atoms with E-state index in [4.69, 9.17) is 10.5 Å². The van der Waals surface area contributed by atoms with Crippen molar-refractivity contribution in [3.8, 4) is 16.6 Å². The minimum Gasteiger partial charge on any atom is -0.481 e. The summed E-state index contributed by atoms with van der Waals surface area (Å²) in [6, 6.07) is 5.45. The van der Waals surface area contributed by atoms with Crippen LogP contribution >= 0.6 is 11.3 Å². The first-order valence-electron chi connectivity index (χ1n) is 3.90. The number of anilines is 1. The van der Waals surface area contributed by atoms with Crippen molar-refractivity contribution >= 4 is 16.5 Å². The van der Waals surface area contributed by atoms with Gasteiger partial charge >= 0.3 is 0 Å². The summed E-state index contributed by atoms with van der Waals surface area (Å²) in [6.07, 6.45) is 0. The first-order valence-corrected chi connectivity index (χ1v) is 4.71. The number of ether oxygens (including phenoxy) is 1. The van der Waals surface area contributed by atoms with Gasteiger partial charge in [0.05, 0.1) is 7.11 Å². The van der Waals surface area contributed by atoms with Crippen molar-refractivity contribution in [1.82, 2.24) is 15.2 Å². The van der Waals surface area contributed by atoms with E-state index >= 15 is 0 Å². The van der Waals surface area contributed by atoms with Crippen LogP contribution < -0.4 is 10.5 Å². The molecule has 0 spiro atoms. The third kappa shape index (κ3) is 1.64. The number of methoxy groups -OCH3 is 1. The van der Waals surface area contributed by atoms with E-state index in [0.29, 0.717) is 16.0 Å². The molecule has 0 atom stereocenters. The Labute approximate surface area is 84.6 Å². The van der Waals surface area contributed by atoms with Gasteiger partial charge in [0.25, 0.3) is 0 Å². The topological polar surface area (TPSA) is 73.9 Å². The van der Waals surface area contributed by atoms with Crippen molar-refractivity contribution in [1.29, 1.82) is 0 Å². The van der Waals surface area contributed by atoms with Gasteiger partial charge in [-0.15, -0.1) is 10.2 Å². The molecule has 2 aromatic rings. The maximum atomic E-state index is 5.47. The second kappa shape index (κ2) is 3.59. The lowest BCUT2D eigenvalue weighted by Crippen LogP contribution is -1.88. The minimum absolute atomic E-state index is 0.435. The summed E-state index contributed by atoms with van der Waals surface area (Å²) in [5.41, 5.74) is 6.19. The van der Waals surface area contributed by atoms with Crippen LogP contribution in [0.3, 0.4) is 0 Å². The van der Waals surface area contributed by atoms with E-state index in [-0.39, 0.29) is 0 Å². The Balaban J connectivity index is 2.41. The summed E-state index contributed by atoms with van der Waals surface area (Å²) in [7, 11) is 1.57. The Morgan fingerprint density at radius 2 is 2.21 bits per heavy atom. The first kappa shape index (κ1) is 8.89. The summed E-state index contributed by atoms with van der Waals surface area (Å²) in [5, 5.41) is 8.73. The summed E-state index contributed by atoms with van der Waals surface area (Å²) in [5.74, 6) is 0.552. The van der Waals surface area contributed by atoms with Crippen LogP contribution in [0.4, 0.5) is 5.13 Å². The van der Waals surface area contributed by atoms with E-state index in [9.17, 15) is 0 Å². The summed E-state index contributed by atoms with van der Waals surface area (Å²) in [4.78, 5) is 4.20. The van der Waals surface area contributed by atoms with Crippen LogP contribution in [0.15, 0.2) is 18.2 Å². The zero-order valence-corrected chi connectivity index (χ0v) is 8.28. The van der Waals surface area contributed by atoms with E-state index in [0.717, 1.165) is 5.69 Å². The maximum absolute atomic E-state index is 5.47. The molecule has 14 heavy (non-hydrogen) atoms. The molecule has 0 bridgehead atoms. The summed E-state index contributed by atoms with van der Waals surface area (Å²) < 4.78 is 5.00. The van der Waals surface area contributed by atoms with Gasteiger partial charge in [-0.2, -0.15) is 0 Å². The Hall–Kier alpha value is -1.69. The van der Waals surface area contributed by atoms with Crippen molar-refractivity contribution in [3.63, 3.8) is 0 Å². The highest BCUT2D eigenvalue weighted by atomic mass is 32.1. The Morgan fingerprint density at radius 1 is 1.36 bits per heavy atom. The highest BCUT2D eigenvalue weighted by Crippen LogP contribution is 2.23. The van der Waals surface area contributed by atoms with Crippen molar-refractivity contribution in [3.05, 3.63) is 18.2 Å². The quantitative estimate of drug-likeness (QED) is 0.802. The van der Waals surface area contributed by atoms with E-state index in [1.165, 1.54) is 11.3 Å². The molecule has 0 saturated carbocycles. The van der Waals surface area contributed by atoms with Gasteiger partial charge in [0.2, 0.25) is 11.0 Å². The van der Waals surface area contributed by atoms with E-state index in [1.54, 1.807) is 13.2 Å². The molecule has 2 heterocycles. The number of nitrogens with zero attached hydrogens (tertiary/aromatic N) is 3. The lowest BCUT2D eigenvalue weighted by atomic mass is 10.4. The molecular weight excluding hydrogens is 200 g/mol. The molecular formula is C8H8N4OS. The third-order valence-corrected chi connectivity index (χ3v) is 2.37. The zero-order chi connectivity index (χ0) is 9.97. The van der Waals surface area contributed by atoms with E-state index < -0.39 is 0 Å². The predicted octanol–water partition coefficient (Wildman–Crippen LogP) is 1.19. The average molecular weight is 208 g/mol. The summed E-state index contributed by atoms with van der Waals surface area (Å²) in [6.45, 7) is 0. The van der Waals surface area contributed by atoms with Gasteiger partial charge in [0.1, 0.15) is 5.69 Å². The van der Waals surface area contributed by atoms with Crippen molar-refractivity contribution in [2.75, 3.05) is 12.8 Å². The van der Waals surface area contributed by atoms with Gasteiger partial charge in [-0.1, -0.05) is 17.4 Å². The lowest BCUT2D eigenvalue weighted by molar-refractivity contribution is 0.398. The van der Waals surface area contributed by atoms with E-state index in [2.05, 4.69) is 15.2 Å². The van der Waals surface area contributed by atoms with Crippen LogP contribution in [-0.2, 0) is 0 Å². The van der Waals surface area contributed by atoms with Gasteiger partial charge in [-0.25, -0.2) is 4.98 Å². The van der Waals surface area contributed by atoms with Crippen LogP contribution in [0.25, 0.3) is 10.7 Å². The van der Waals surface area contributed by atoms with E-state index in [1.807, 2.05) is 12.1 Å². The van der Waals surface area contributed by atoms with Gasteiger partial charge in [0.15, 0.2) is 5.01 Å². The van der Waals surface area contributed by atoms with Crippen LogP contribution in [0, 0.1) is 0 Å². The molecule has 0 aromatic carbocycles. The van der Waals surface area contributed by atoms with Crippen LogP contribution in [0.5, 0.6) is 5.88 Å². The molecule has 0 unspecified atom stereocenters. The molecule has 0 radical (unpaired) electrons. The van der Waals surface area contributed by atoms with Crippen LogP contribution in [0.1, 0.15) is 0 Å². The SMILES string of the molecule is COc1cccc(-c2nnc(N)s2)n1. The maximum Gasteiger partial charge on any atom is 0.213 e. The highest BCUT2D eigenvalue weighted by Gasteiger charge is 2.06. The Kier molecular flexibility index (Phi) is 2.28. The molecule has 2 aromatic heterocycles. The van der Waals surface area contributed by atoms with Crippen molar-refractivity contribution < 1.29 is 4.74 Å². The molecule has 0 aliphatic carbocycles. The Bertz CT molecular complexity index is 442. The first-order chi connectivity index (χ1) is 6.79. The van der Waals surface area contributed by atoms with Crippen molar-refractivity contribution in [2.24, 2.45) is 0 Å². The van der Waals surface area contributed by atoms with Crippen molar-refractivity contribution in [2.45, 2.75) is 0 Å². The fraction of sp³-hybridized carbons (Fsp3) is 0.125. The van der Waals surface area contributed by atoms with Gasteiger partial charge in [-0.3, -0.25) is 0 Å². The standard InChI is InChI=1S/C8H8N4OS/c1-13-6-4-2-3-5(10-6)7-11-12-8(9)14-7/h2-4H,1H3,(H2,9,12). The molecule has 2 N–H and O–H groups in total. The molecule has 0 fully saturated rings. The van der Waals surface area contributed by atoms with Crippen LogP contribution in [0.2, 0.25) is 0 Å². The lowest BCUT2D eigenvalue weighted by Gasteiger charge is -1.98. The number of rotatable bonds is 2. The minimum atomic E-state index is 0.435. The highest BCUT2D eigenvalue weighted by molar-refractivity contribution is 7.18.